The van der Waals surface area contributed by atoms with Gasteiger partial charge in [-0.05, 0) is 85.4 Å². The lowest BCUT2D eigenvalue weighted by atomic mass is 9.99. The molecule has 1 saturated heterocycles. The van der Waals surface area contributed by atoms with Crippen LogP contribution in [0, 0.1) is 0 Å². The lowest BCUT2D eigenvalue weighted by Gasteiger charge is -2.22. The predicted molar refractivity (Wildman–Crippen MR) is 118 cm³/mol. The molecule has 5 nitrogen and oxygen atoms in total. The maximum atomic E-state index is 11.6. The molecule has 0 unspecified atom stereocenters. The second-order valence-electron chi connectivity index (χ2n) is 7.88. The molecule has 31 heavy (non-hydrogen) atoms. The van der Waals surface area contributed by atoms with Crippen molar-refractivity contribution in [2.75, 3.05) is 14.2 Å². The van der Waals surface area contributed by atoms with Crippen LogP contribution in [0.3, 0.4) is 0 Å². The lowest BCUT2D eigenvalue weighted by molar-refractivity contribution is -0.115. The molecule has 2 atom stereocenters. The van der Waals surface area contributed by atoms with Crippen LogP contribution in [-0.2, 0) is 27.1 Å². The molecule has 2 aromatic carbocycles. The van der Waals surface area contributed by atoms with Gasteiger partial charge in [0.25, 0.3) is 0 Å². The van der Waals surface area contributed by atoms with E-state index in [1.807, 2.05) is 24.3 Å². The maximum absolute atomic E-state index is 11.6. The Balaban J connectivity index is 1.43. The highest BCUT2D eigenvalue weighted by Gasteiger charge is 2.44. The van der Waals surface area contributed by atoms with Crippen molar-refractivity contribution in [3.8, 4) is 11.5 Å². The largest absolute Gasteiger partial charge is 0.497 e. The summed E-state index contributed by atoms with van der Waals surface area (Å²) >= 11 is 0. The van der Waals surface area contributed by atoms with Gasteiger partial charge in [0, 0.05) is 0 Å². The molecule has 0 radical (unpaired) electrons. The molecular weight excluding hydrogens is 392 g/mol. The second-order valence-corrected chi connectivity index (χ2v) is 7.88. The smallest absolute Gasteiger partial charge is 0.209 e. The van der Waals surface area contributed by atoms with Gasteiger partial charge in [0.15, 0.2) is 5.78 Å². The van der Waals surface area contributed by atoms with E-state index in [1.54, 1.807) is 26.4 Å². The van der Waals surface area contributed by atoms with E-state index in [4.69, 9.17) is 18.9 Å². The predicted octanol–water partition coefficient (Wildman–Crippen LogP) is 4.44. The quantitative estimate of drug-likeness (QED) is 0.632. The Morgan fingerprint density at radius 1 is 0.742 bits per heavy atom. The van der Waals surface area contributed by atoms with Gasteiger partial charge in [-0.25, -0.2) is 0 Å². The van der Waals surface area contributed by atoms with Crippen LogP contribution in [-0.4, -0.2) is 38.0 Å². The fourth-order valence-corrected chi connectivity index (χ4v) is 4.01. The van der Waals surface area contributed by atoms with Gasteiger partial charge in [-0.2, -0.15) is 0 Å². The lowest BCUT2D eigenvalue weighted by Crippen LogP contribution is -2.28. The van der Waals surface area contributed by atoms with Crippen molar-refractivity contribution in [2.24, 2.45) is 0 Å². The van der Waals surface area contributed by atoms with E-state index in [9.17, 15) is 4.79 Å². The van der Waals surface area contributed by atoms with Gasteiger partial charge < -0.3 is 18.9 Å². The minimum absolute atomic E-state index is 0.0470. The number of allylic oxidation sites excluding steroid dienone is 2. The molecule has 2 aliphatic rings. The topological polar surface area (TPSA) is 54.0 Å². The Labute approximate surface area is 183 Å². The standard InChI is InChI=1S/C26H28O5/c1-28-22-9-3-19(4-10-22)7-13-24-25(14-8-20-5-11-23(29-2)12-6-20)31-26(30-24)17-15-21(27)16-18-26/h3-6,9-12,15-18,24-25H,7-8,13-14H2,1-2H3/t24-,25-/m0/s1. The van der Waals surface area contributed by atoms with Crippen molar-refractivity contribution in [2.45, 2.75) is 43.7 Å². The molecule has 0 N–H and O–H groups in total. The normalized spacial score (nSPS) is 21.5. The monoisotopic (exact) mass is 420 g/mol. The number of ketones is 1. The third-order valence-electron chi connectivity index (χ3n) is 5.80. The zero-order chi connectivity index (χ0) is 21.7. The number of benzene rings is 2. The highest BCUT2D eigenvalue weighted by Crippen LogP contribution is 2.37. The average molecular weight is 421 g/mol. The summed E-state index contributed by atoms with van der Waals surface area (Å²) in [6.45, 7) is 0. The van der Waals surface area contributed by atoms with E-state index in [1.165, 1.54) is 23.3 Å². The first kappa shape index (κ1) is 21.3. The molecule has 0 amide bonds. The van der Waals surface area contributed by atoms with Gasteiger partial charge in [0.1, 0.15) is 11.5 Å². The molecule has 2 aromatic rings. The number of carbonyl (C=O) groups is 1. The Morgan fingerprint density at radius 2 is 1.16 bits per heavy atom. The van der Waals surface area contributed by atoms with Gasteiger partial charge in [-0.1, -0.05) is 24.3 Å². The van der Waals surface area contributed by atoms with Crippen LogP contribution in [0.15, 0.2) is 72.8 Å². The summed E-state index contributed by atoms with van der Waals surface area (Å²) in [5.41, 5.74) is 2.45. The highest BCUT2D eigenvalue weighted by molar-refractivity contribution is 6.00. The third-order valence-corrected chi connectivity index (χ3v) is 5.80. The molecule has 1 aliphatic carbocycles. The number of hydrogen-bond acceptors (Lipinski definition) is 5. The van der Waals surface area contributed by atoms with Crippen molar-refractivity contribution >= 4 is 5.78 Å². The number of ether oxygens (including phenoxy) is 4. The van der Waals surface area contributed by atoms with Crippen molar-refractivity contribution in [3.05, 3.63) is 84.0 Å². The summed E-state index contributed by atoms with van der Waals surface area (Å²) < 4.78 is 23.2. The summed E-state index contributed by atoms with van der Waals surface area (Å²) in [7, 11) is 3.34. The second kappa shape index (κ2) is 9.50. The maximum Gasteiger partial charge on any atom is 0.209 e. The van der Waals surface area contributed by atoms with Crippen LogP contribution < -0.4 is 9.47 Å². The molecule has 1 fully saturated rings. The van der Waals surface area contributed by atoms with Crippen molar-refractivity contribution in [1.29, 1.82) is 0 Å². The van der Waals surface area contributed by atoms with Gasteiger partial charge >= 0.3 is 0 Å². The minimum Gasteiger partial charge on any atom is -0.497 e. The Morgan fingerprint density at radius 3 is 1.55 bits per heavy atom. The fraction of sp³-hybridized carbons (Fsp3) is 0.346. The molecule has 4 rings (SSSR count). The van der Waals surface area contributed by atoms with Crippen molar-refractivity contribution < 1.29 is 23.7 Å². The van der Waals surface area contributed by atoms with Gasteiger partial charge in [0.2, 0.25) is 5.79 Å². The Kier molecular flexibility index (Phi) is 6.54. The first-order valence-electron chi connectivity index (χ1n) is 10.6. The van der Waals surface area contributed by atoms with E-state index < -0.39 is 5.79 Å². The molecule has 0 bridgehead atoms. The van der Waals surface area contributed by atoms with Crippen LogP contribution in [0.1, 0.15) is 24.0 Å². The molecule has 0 saturated carbocycles. The van der Waals surface area contributed by atoms with E-state index in [0.717, 1.165) is 37.2 Å². The number of methoxy groups -OCH3 is 2. The molecule has 0 aromatic heterocycles. The van der Waals surface area contributed by atoms with Crippen LogP contribution >= 0.6 is 0 Å². The third kappa shape index (κ3) is 5.24. The van der Waals surface area contributed by atoms with Gasteiger partial charge in [-0.3, -0.25) is 4.79 Å². The number of rotatable bonds is 8. The van der Waals surface area contributed by atoms with Crippen LogP contribution in [0.25, 0.3) is 0 Å². The summed E-state index contributed by atoms with van der Waals surface area (Å²) in [6.07, 6.45) is 9.77. The first-order valence-corrected chi connectivity index (χ1v) is 10.6. The SMILES string of the molecule is COc1ccc(CC[C@@H]2OC3(C=CC(=O)C=C3)O[C@H]2CCc2ccc(OC)cc2)cc1. The van der Waals surface area contributed by atoms with Crippen LogP contribution in [0.4, 0.5) is 0 Å². The van der Waals surface area contributed by atoms with E-state index in [0.29, 0.717) is 0 Å². The molecule has 1 aliphatic heterocycles. The van der Waals surface area contributed by atoms with E-state index >= 15 is 0 Å². The molecule has 1 heterocycles. The zero-order valence-electron chi connectivity index (χ0n) is 18.0. The summed E-state index contributed by atoms with van der Waals surface area (Å²) in [4.78, 5) is 11.6. The minimum atomic E-state index is -0.941. The Bertz CT molecular complexity index is 865. The van der Waals surface area contributed by atoms with E-state index in [-0.39, 0.29) is 18.0 Å². The first-order chi connectivity index (χ1) is 15.1. The van der Waals surface area contributed by atoms with Crippen LogP contribution in [0.2, 0.25) is 0 Å². The van der Waals surface area contributed by atoms with Crippen molar-refractivity contribution in [3.63, 3.8) is 0 Å². The average Bonchev–Trinajstić information content (AvgIpc) is 3.16. The molecular formula is C26H28O5. The van der Waals surface area contributed by atoms with Crippen LogP contribution in [0.5, 0.6) is 11.5 Å². The fourth-order valence-electron chi connectivity index (χ4n) is 4.01. The summed E-state index contributed by atoms with van der Waals surface area (Å²) in [5, 5.41) is 0. The van der Waals surface area contributed by atoms with Gasteiger partial charge in [0.05, 0.1) is 26.4 Å². The zero-order valence-corrected chi connectivity index (χ0v) is 18.0. The molecule has 162 valence electrons. The highest BCUT2D eigenvalue weighted by atomic mass is 16.8. The number of carbonyl (C=O) groups excluding carboxylic acids is 1. The van der Waals surface area contributed by atoms with Gasteiger partial charge in [-0.15, -0.1) is 0 Å². The molecule has 5 heteroatoms. The number of hydrogen-bond donors (Lipinski definition) is 0. The summed E-state index contributed by atoms with van der Waals surface area (Å²) in [5.74, 6) is 0.711. The van der Waals surface area contributed by atoms with E-state index in [2.05, 4.69) is 24.3 Å². The summed E-state index contributed by atoms with van der Waals surface area (Å²) in [6, 6.07) is 16.2. The Hall–Kier alpha value is -2.89. The number of aryl methyl sites for hydroxylation is 2. The van der Waals surface area contributed by atoms with Crippen molar-refractivity contribution in [1.82, 2.24) is 0 Å². The molecule has 1 spiro atoms.